The molecule has 0 aliphatic heterocycles. The molecule has 0 aromatic heterocycles. The Morgan fingerprint density at radius 1 is 1.38 bits per heavy atom. The fraction of sp³-hybridized carbons (Fsp3) is 0.462. The highest BCUT2D eigenvalue weighted by molar-refractivity contribution is 6.01. The molecule has 0 heterocycles. The quantitative estimate of drug-likeness (QED) is 0.607. The number of ether oxygens (including phenoxy) is 1. The van der Waals surface area contributed by atoms with Gasteiger partial charge >= 0.3 is 0 Å². The van der Waals surface area contributed by atoms with Gasteiger partial charge in [-0.2, -0.15) is 0 Å². The largest absolute Gasteiger partial charge is 0.490 e. The molecule has 3 N–H and O–H groups in total. The van der Waals surface area contributed by atoms with Crippen LogP contribution in [0.3, 0.4) is 0 Å². The number of hydrogen-bond donors (Lipinski definition) is 2. The van der Waals surface area contributed by atoms with Gasteiger partial charge in [0.05, 0.1) is 6.10 Å². The predicted molar refractivity (Wildman–Crippen MR) is 68.4 cm³/mol. The average molecular weight is 220 g/mol. The van der Waals surface area contributed by atoms with Crippen LogP contribution in [0.1, 0.15) is 39.2 Å². The molecule has 2 rings (SSSR count). The van der Waals surface area contributed by atoms with Gasteiger partial charge in [-0.3, -0.25) is 0 Å². The normalized spacial score (nSPS) is 13.7. The first-order valence-electron chi connectivity index (χ1n) is 5.78. The van der Waals surface area contributed by atoms with Crippen molar-refractivity contribution in [2.45, 2.75) is 39.7 Å². The van der Waals surface area contributed by atoms with E-state index in [-0.39, 0.29) is 0 Å². The van der Waals surface area contributed by atoms with Crippen LogP contribution in [0.4, 0.5) is 5.69 Å². The number of rotatable bonds is 3. The van der Waals surface area contributed by atoms with Crippen LogP contribution in [0.15, 0.2) is 18.2 Å². The fourth-order valence-corrected chi connectivity index (χ4v) is 1.31. The zero-order valence-electron chi connectivity index (χ0n) is 10.2. The van der Waals surface area contributed by atoms with Crippen LogP contribution in [0.25, 0.3) is 0 Å². The van der Waals surface area contributed by atoms with Crippen molar-refractivity contribution in [2.75, 3.05) is 5.73 Å². The molecule has 1 fully saturated rings. The fourth-order valence-electron chi connectivity index (χ4n) is 1.31. The number of benzene rings is 1. The standard InChI is InChI=1S/C11H14N2O.C2H6/c1-7(12)10-6-9(4-5-11(10)13)14-8-2-3-8;1-2/h4-6,8,12H,2-3,13H2,1H3;1-2H3. The average Bonchev–Trinajstić information content (AvgIpc) is 3.07. The molecule has 1 aliphatic rings. The van der Waals surface area contributed by atoms with E-state index in [9.17, 15) is 0 Å². The summed E-state index contributed by atoms with van der Waals surface area (Å²) in [5.41, 5.74) is 7.62. The Morgan fingerprint density at radius 3 is 2.50 bits per heavy atom. The maximum atomic E-state index is 7.54. The Balaban J connectivity index is 0.000000606. The maximum absolute atomic E-state index is 7.54. The molecule has 0 saturated heterocycles. The molecular formula is C13H20N2O. The van der Waals surface area contributed by atoms with Crippen molar-refractivity contribution >= 4 is 11.4 Å². The molecule has 1 aromatic carbocycles. The van der Waals surface area contributed by atoms with Crippen molar-refractivity contribution < 1.29 is 4.74 Å². The molecule has 3 heteroatoms. The Morgan fingerprint density at radius 2 is 2.00 bits per heavy atom. The van der Waals surface area contributed by atoms with Crippen LogP contribution in [-0.2, 0) is 0 Å². The van der Waals surface area contributed by atoms with E-state index >= 15 is 0 Å². The first kappa shape index (κ1) is 12.6. The van der Waals surface area contributed by atoms with Crippen molar-refractivity contribution in [3.8, 4) is 5.75 Å². The molecule has 0 bridgehead atoms. The van der Waals surface area contributed by atoms with Crippen molar-refractivity contribution in [3.05, 3.63) is 23.8 Å². The predicted octanol–water partition coefficient (Wildman–Crippen LogP) is 3.22. The zero-order chi connectivity index (χ0) is 12.1. The van der Waals surface area contributed by atoms with Gasteiger partial charge in [0.1, 0.15) is 5.75 Å². The Bertz CT molecular complexity index is 370. The van der Waals surface area contributed by atoms with E-state index in [0.717, 1.165) is 24.2 Å². The third-order valence-electron chi connectivity index (χ3n) is 2.26. The molecule has 0 amide bonds. The highest BCUT2D eigenvalue weighted by Gasteiger charge is 2.23. The number of hydrogen-bond acceptors (Lipinski definition) is 3. The molecule has 1 saturated carbocycles. The summed E-state index contributed by atoms with van der Waals surface area (Å²) < 4.78 is 5.62. The summed E-state index contributed by atoms with van der Waals surface area (Å²) in [6.45, 7) is 5.73. The highest BCUT2D eigenvalue weighted by Crippen LogP contribution is 2.28. The van der Waals surface area contributed by atoms with Gasteiger partial charge in [-0.05, 0) is 38.0 Å². The third-order valence-corrected chi connectivity index (χ3v) is 2.26. The summed E-state index contributed by atoms with van der Waals surface area (Å²) in [5, 5.41) is 7.54. The number of nitrogens with one attached hydrogen (secondary N) is 1. The van der Waals surface area contributed by atoms with Gasteiger partial charge in [0.2, 0.25) is 0 Å². The van der Waals surface area contributed by atoms with Gasteiger partial charge in [0, 0.05) is 17.0 Å². The van der Waals surface area contributed by atoms with Crippen LogP contribution < -0.4 is 10.5 Å². The van der Waals surface area contributed by atoms with E-state index in [4.69, 9.17) is 15.9 Å². The van der Waals surface area contributed by atoms with Gasteiger partial charge in [-0.15, -0.1) is 0 Å². The molecule has 0 spiro atoms. The molecule has 88 valence electrons. The van der Waals surface area contributed by atoms with Crippen molar-refractivity contribution in [2.24, 2.45) is 0 Å². The number of nitrogen functional groups attached to an aromatic ring is 1. The first-order chi connectivity index (χ1) is 7.66. The molecule has 1 aromatic rings. The van der Waals surface area contributed by atoms with Gasteiger partial charge in [-0.1, -0.05) is 13.8 Å². The van der Waals surface area contributed by atoms with Crippen LogP contribution in [0, 0.1) is 5.41 Å². The van der Waals surface area contributed by atoms with Gasteiger partial charge < -0.3 is 15.9 Å². The lowest BCUT2D eigenvalue weighted by atomic mass is 10.1. The molecule has 16 heavy (non-hydrogen) atoms. The summed E-state index contributed by atoms with van der Waals surface area (Å²) in [6.07, 6.45) is 2.67. The summed E-state index contributed by atoms with van der Waals surface area (Å²) in [4.78, 5) is 0. The second kappa shape index (κ2) is 5.54. The van der Waals surface area contributed by atoms with Gasteiger partial charge in [0.15, 0.2) is 0 Å². The van der Waals surface area contributed by atoms with E-state index in [2.05, 4.69) is 0 Å². The SMILES string of the molecule is CC.CC(=N)c1cc(OC2CC2)ccc1N. The van der Waals surface area contributed by atoms with Crippen molar-refractivity contribution in [1.82, 2.24) is 0 Å². The minimum Gasteiger partial charge on any atom is -0.490 e. The van der Waals surface area contributed by atoms with Gasteiger partial charge in [-0.25, -0.2) is 0 Å². The minimum atomic E-state index is 0.387. The molecule has 3 nitrogen and oxygen atoms in total. The van der Waals surface area contributed by atoms with Crippen LogP contribution >= 0.6 is 0 Å². The summed E-state index contributed by atoms with van der Waals surface area (Å²) >= 11 is 0. The summed E-state index contributed by atoms with van der Waals surface area (Å²) in [6, 6.07) is 5.50. The van der Waals surface area contributed by atoms with Crippen LogP contribution in [-0.4, -0.2) is 11.8 Å². The second-order valence-electron chi connectivity index (χ2n) is 3.69. The first-order valence-corrected chi connectivity index (χ1v) is 5.78. The highest BCUT2D eigenvalue weighted by atomic mass is 16.5. The third kappa shape index (κ3) is 3.26. The van der Waals surface area contributed by atoms with Crippen molar-refractivity contribution in [1.29, 1.82) is 5.41 Å². The van der Waals surface area contributed by atoms with E-state index < -0.39 is 0 Å². The lowest BCUT2D eigenvalue weighted by Gasteiger charge is -2.08. The topological polar surface area (TPSA) is 59.1 Å². The smallest absolute Gasteiger partial charge is 0.120 e. The van der Waals surface area contributed by atoms with Gasteiger partial charge in [0.25, 0.3) is 0 Å². The second-order valence-corrected chi connectivity index (χ2v) is 3.69. The maximum Gasteiger partial charge on any atom is 0.120 e. The molecule has 1 aliphatic carbocycles. The van der Waals surface area contributed by atoms with E-state index in [1.807, 2.05) is 26.0 Å². The Kier molecular flexibility index (Phi) is 4.35. The van der Waals surface area contributed by atoms with E-state index in [1.54, 1.807) is 13.0 Å². The monoisotopic (exact) mass is 220 g/mol. The lowest BCUT2D eigenvalue weighted by molar-refractivity contribution is 0.303. The Hall–Kier alpha value is -1.51. The summed E-state index contributed by atoms with van der Waals surface area (Å²) in [7, 11) is 0. The summed E-state index contributed by atoms with van der Waals surface area (Å²) in [5.74, 6) is 0.823. The molecule has 0 unspecified atom stereocenters. The van der Waals surface area contributed by atoms with Crippen LogP contribution in [0.5, 0.6) is 5.75 Å². The number of anilines is 1. The molecular weight excluding hydrogens is 200 g/mol. The minimum absolute atomic E-state index is 0.387. The zero-order valence-corrected chi connectivity index (χ0v) is 10.2. The van der Waals surface area contributed by atoms with E-state index in [1.165, 1.54) is 0 Å². The lowest BCUT2D eigenvalue weighted by Crippen LogP contribution is -2.02. The van der Waals surface area contributed by atoms with Crippen molar-refractivity contribution in [3.63, 3.8) is 0 Å². The Labute approximate surface area is 97.1 Å². The van der Waals surface area contributed by atoms with E-state index in [0.29, 0.717) is 17.5 Å². The van der Waals surface area contributed by atoms with Crippen LogP contribution in [0.2, 0.25) is 0 Å². The number of nitrogens with two attached hydrogens (primary N) is 1. The molecule has 0 radical (unpaired) electrons. The molecule has 0 atom stereocenters.